The fraction of sp³-hybridized carbons (Fsp3) is 0.391. The van der Waals surface area contributed by atoms with E-state index in [-0.39, 0.29) is 6.04 Å². The van der Waals surface area contributed by atoms with Crippen molar-refractivity contribution in [3.63, 3.8) is 0 Å². The molecule has 31 heavy (non-hydrogen) atoms. The molecule has 1 atom stereocenters. The molecule has 3 aromatic rings. The summed E-state index contributed by atoms with van der Waals surface area (Å²) in [6.07, 6.45) is 5.98. The van der Waals surface area contributed by atoms with Crippen molar-refractivity contribution >= 4 is 28.2 Å². The molecule has 1 saturated heterocycles. The van der Waals surface area contributed by atoms with Crippen molar-refractivity contribution in [2.24, 2.45) is 0 Å². The van der Waals surface area contributed by atoms with Gasteiger partial charge in [-0.25, -0.2) is 9.97 Å². The van der Waals surface area contributed by atoms with E-state index < -0.39 is 0 Å². The van der Waals surface area contributed by atoms with Crippen LogP contribution >= 0.6 is 11.3 Å². The van der Waals surface area contributed by atoms with Crippen molar-refractivity contribution < 1.29 is 4.74 Å². The largest absolute Gasteiger partial charge is 0.491 e. The second kappa shape index (κ2) is 8.16. The minimum Gasteiger partial charge on any atom is -0.491 e. The molecule has 0 radical (unpaired) electrons. The minimum atomic E-state index is 0.263. The Balaban J connectivity index is 1.54. The lowest BCUT2D eigenvalue weighted by molar-refractivity contribution is 0.407. The maximum Gasteiger partial charge on any atom is 0.228 e. The first-order chi connectivity index (χ1) is 15.2. The smallest absolute Gasteiger partial charge is 0.228 e. The molecule has 1 aliphatic heterocycles. The van der Waals surface area contributed by atoms with Crippen molar-refractivity contribution in [2.45, 2.75) is 44.6 Å². The third kappa shape index (κ3) is 3.93. The summed E-state index contributed by atoms with van der Waals surface area (Å²) < 4.78 is 5.73. The van der Waals surface area contributed by atoms with Gasteiger partial charge in [0.25, 0.3) is 0 Å². The Kier molecular flexibility index (Phi) is 5.20. The molecule has 2 aliphatic rings. The number of hydrogen-bond acceptors (Lipinski definition) is 8. The van der Waals surface area contributed by atoms with Gasteiger partial charge in [-0.2, -0.15) is 10.2 Å². The molecule has 7 nitrogen and oxygen atoms in total. The third-order valence-electron chi connectivity index (χ3n) is 5.86. The van der Waals surface area contributed by atoms with Crippen LogP contribution in [0.5, 0.6) is 5.75 Å². The van der Waals surface area contributed by atoms with Crippen LogP contribution in [0.1, 0.15) is 59.3 Å². The summed E-state index contributed by atoms with van der Waals surface area (Å²) in [5.74, 6) is 2.42. The van der Waals surface area contributed by atoms with E-state index in [4.69, 9.17) is 20.0 Å². The van der Waals surface area contributed by atoms with E-state index in [1.165, 1.54) is 22.5 Å². The fourth-order valence-electron chi connectivity index (χ4n) is 4.13. The topological polar surface area (TPSA) is 87.0 Å². The summed E-state index contributed by atoms with van der Waals surface area (Å²) in [4.78, 5) is 17.0. The molecule has 0 bridgehead atoms. The van der Waals surface area contributed by atoms with Gasteiger partial charge in [0.15, 0.2) is 16.7 Å². The number of thiazole rings is 1. The number of ether oxygens (including phenoxy) is 1. The van der Waals surface area contributed by atoms with Crippen LogP contribution < -0.4 is 15.0 Å². The van der Waals surface area contributed by atoms with Gasteiger partial charge in [0.2, 0.25) is 5.95 Å². The summed E-state index contributed by atoms with van der Waals surface area (Å²) in [5.41, 5.74) is 3.52. The summed E-state index contributed by atoms with van der Waals surface area (Å²) in [7, 11) is 1.66. The first-order valence-electron chi connectivity index (χ1n) is 10.6. The summed E-state index contributed by atoms with van der Waals surface area (Å²) in [5, 5.41) is 13.0. The van der Waals surface area contributed by atoms with Crippen LogP contribution in [0, 0.1) is 18.3 Å². The quantitative estimate of drug-likeness (QED) is 0.581. The molecule has 1 aliphatic carbocycles. The highest BCUT2D eigenvalue weighted by atomic mass is 32.1. The number of methoxy groups -OCH3 is 1. The summed E-state index contributed by atoms with van der Waals surface area (Å²) in [6, 6.07) is 11.1. The zero-order valence-corrected chi connectivity index (χ0v) is 18.4. The number of anilines is 3. The van der Waals surface area contributed by atoms with Crippen molar-refractivity contribution in [3.05, 3.63) is 52.2 Å². The Morgan fingerprint density at radius 3 is 2.68 bits per heavy atom. The molecule has 0 spiro atoms. The van der Waals surface area contributed by atoms with E-state index in [9.17, 15) is 0 Å². The predicted molar refractivity (Wildman–Crippen MR) is 121 cm³/mol. The van der Waals surface area contributed by atoms with Gasteiger partial charge in [0.1, 0.15) is 10.9 Å². The summed E-state index contributed by atoms with van der Waals surface area (Å²) >= 11 is 1.30. The molecular weight excluding hydrogens is 408 g/mol. The number of hydrogen-bond donors (Lipinski definition) is 1. The average molecular weight is 433 g/mol. The Morgan fingerprint density at radius 1 is 1.19 bits per heavy atom. The molecule has 1 aromatic carbocycles. The number of aromatic nitrogens is 3. The average Bonchev–Trinajstić information content (AvgIpc) is 3.33. The van der Waals surface area contributed by atoms with Crippen molar-refractivity contribution in [2.75, 3.05) is 23.9 Å². The number of nitrogens with one attached hydrogen (secondary N) is 1. The first-order valence-corrected chi connectivity index (χ1v) is 11.4. The van der Waals surface area contributed by atoms with Crippen LogP contribution in [0.3, 0.4) is 0 Å². The Morgan fingerprint density at radius 2 is 2.00 bits per heavy atom. The van der Waals surface area contributed by atoms with Gasteiger partial charge in [-0.15, -0.1) is 0 Å². The van der Waals surface area contributed by atoms with Gasteiger partial charge in [-0.05, 0) is 38.2 Å². The molecule has 5 rings (SSSR count). The van der Waals surface area contributed by atoms with Crippen LogP contribution in [0.25, 0.3) is 0 Å². The lowest BCUT2D eigenvalue weighted by atomic mass is 10.0. The number of rotatable bonds is 6. The normalized spacial score (nSPS) is 18.1. The maximum absolute atomic E-state index is 9.12. The summed E-state index contributed by atoms with van der Waals surface area (Å²) in [6.45, 7) is 3.03. The Hall–Kier alpha value is -3.18. The van der Waals surface area contributed by atoms with E-state index in [0.717, 1.165) is 43.9 Å². The standard InChI is InChI=1S/C23H24N6OS/c1-14-5-7-15(8-6-14)18-4-3-11-29(18)22-26-19(16-9-10-16)20(30-2)21(27-22)28-23-25-13-17(12-24)31-23/h5-8,13,16,18H,3-4,9-11H2,1-2H3,(H,25,26,27,28). The highest BCUT2D eigenvalue weighted by molar-refractivity contribution is 7.16. The molecule has 158 valence electrons. The number of benzene rings is 1. The molecule has 1 N–H and O–H groups in total. The van der Waals surface area contributed by atoms with E-state index in [2.05, 4.69) is 52.5 Å². The van der Waals surface area contributed by atoms with Crippen molar-refractivity contribution in [3.8, 4) is 11.8 Å². The molecule has 1 saturated carbocycles. The van der Waals surface area contributed by atoms with Crippen LogP contribution in [-0.4, -0.2) is 28.6 Å². The first kappa shape index (κ1) is 19.8. The van der Waals surface area contributed by atoms with Gasteiger partial charge >= 0.3 is 0 Å². The highest BCUT2D eigenvalue weighted by Crippen LogP contribution is 2.47. The van der Waals surface area contributed by atoms with E-state index >= 15 is 0 Å². The SMILES string of the molecule is COc1c(Nc2ncc(C#N)s2)nc(N2CCCC2c2ccc(C)cc2)nc1C1CC1. The Labute approximate surface area is 185 Å². The molecule has 2 aromatic heterocycles. The van der Waals surface area contributed by atoms with Gasteiger partial charge in [0.05, 0.1) is 25.0 Å². The predicted octanol–water partition coefficient (Wildman–Crippen LogP) is 5.08. The zero-order valence-electron chi connectivity index (χ0n) is 17.6. The van der Waals surface area contributed by atoms with Crippen molar-refractivity contribution in [1.82, 2.24) is 15.0 Å². The van der Waals surface area contributed by atoms with Gasteiger partial charge in [-0.3, -0.25) is 0 Å². The molecule has 3 heterocycles. The van der Waals surface area contributed by atoms with Crippen LogP contribution in [-0.2, 0) is 0 Å². The van der Waals surface area contributed by atoms with E-state index in [1.54, 1.807) is 13.3 Å². The molecule has 8 heteroatoms. The van der Waals surface area contributed by atoms with Crippen LogP contribution in [0.15, 0.2) is 30.5 Å². The van der Waals surface area contributed by atoms with Crippen LogP contribution in [0.2, 0.25) is 0 Å². The van der Waals surface area contributed by atoms with Gasteiger partial charge < -0.3 is 15.0 Å². The van der Waals surface area contributed by atoms with Gasteiger partial charge in [0, 0.05) is 12.5 Å². The van der Waals surface area contributed by atoms with Crippen LogP contribution in [0.4, 0.5) is 16.9 Å². The van der Waals surface area contributed by atoms with E-state index in [0.29, 0.717) is 27.5 Å². The maximum atomic E-state index is 9.12. The van der Waals surface area contributed by atoms with Gasteiger partial charge in [-0.1, -0.05) is 41.2 Å². The second-order valence-electron chi connectivity index (χ2n) is 8.09. The van der Waals surface area contributed by atoms with E-state index in [1.807, 2.05) is 0 Å². The molecular formula is C23H24N6OS. The van der Waals surface area contributed by atoms with Crippen molar-refractivity contribution in [1.29, 1.82) is 5.26 Å². The molecule has 0 amide bonds. The zero-order chi connectivity index (χ0) is 21.4. The third-order valence-corrected chi connectivity index (χ3v) is 6.68. The Bertz CT molecular complexity index is 1130. The fourth-order valence-corrected chi connectivity index (χ4v) is 4.74. The number of nitrogens with zero attached hydrogens (tertiary/aromatic N) is 5. The number of aryl methyl sites for hydroxylation is 1. The lowest BCUT2D eigenvalue weighted by Gasteiger charge is -2.26. The highest BCUT2D eigenvalue weighted by Gasteiger charge is 2.34. The monoisotopic (exact) mass is 432 g/mol. The second-order valence-corrected chi connectivity index (χ2v) is 9.12. The minimum absolute atomic E-state index is 0.263. The lowest BCUT2D eigenvalue weighted by Crippen LogP contribution is -2.25. The molecule has 1 unspecified atom stereocenters. The molecule has 2 fully saturated rings. The number of nitriles is 1.